The van der Waals surface area contributed by atoms with Crippen molar-refractivity contribution in [3.8, 4) is 5.75 Å². The lowest BCUT2D eigenvalue weighted by molar-refractivity contribution is -0.0497. The topological polar surface area (TPSA) is 70.6 Å². The molecule has 2 amide bonds. The van der Waals surface area contributed by atoms with Crippen molar-refractivity contribution in [1.29, 1.82) is 0 Å². The molecule has 0 saturated carbocycles. The summed E-state index contributed by atoms with van der Waals surface area (Å²) in [6.07, 6.45) is 0.377. The maximum Gasteiger partial charge on any atom is 0.387 e. The molecule has 1 heterocycles. The third kappa shape index (κ3) is 5.50. The van der Waals surface area contributed by atoms with Gasteiger partial charge < -0.3 is 20.5 Å². The van der Waals surface area contributed by atoms with Crippen LogP contribution in [0.1, 0.15) is 17.3 Å². The van der Waals surface area contributed by atoms with Crippen molar-refractivity contribution >= 4 is 23.1 Å². The highest BCUT2D eigenvalue weighted by molar-refractivity contribution is 7.10. The number of urea groups is 1. The summed E-state index contributed by atoms with van der Waals surface area (Å²) in [5.41, 5.74) is 0.328. The van der Waals surface area contributed by atoms with Crippen LogP contribution < -0.4 is 15.4 Å². The Bertz CT molecular complexity index is 623. The summed E-state index contributed by atoms with van der Waals surface area (Å²) < 4.78 is 28.6. The lowest BCUT2D eigenvalue weighted by Gasteiger charge is -2.17. The maximum atomic E-state index is 12.2. The van der Waals surface area contributed by atoms with E-state index in [1.165, 1.54) is 29.5 Å². The molecule has 0 saturated heterocycles. The first kappa shape index (κ1) is 17.2. The van der Waals surface area contributed by atoms with Crippen LogP contribution in [0.15, 0.2) is 41.8 Å². The van der Waals surface area contributed by atoms with Gasteiger partial charge in [-0.15, -0.1) is 11.3 Å². The molecule has 0 fully saturated rings. The average molecular weight is 342 g/mol. The third-order valence-corrected chi connectivity index (χ3v) is 3.91. The minimum Gasteiger partial charge on any atom is -0.435 e. The SMILES string of the molecule is O=C(Nc1cccc(OC(F)F)c1)N[C@@H](CCO)c1cccs1. The molecule has 0 aliphatic rings. The van der Waals surface area contributed by atoms with Crippen LogP contribution in [0, 0.1) is 0 Å². The second kappa shape index (κ2) is 8.44. The highest BCUT2D eigenvalue weighted by atomic mass is 32.1. The van der Waals surface area contributed by atoms with E-state index in [0.717, 1.165) is 4.88 Å². The van der Waals surface area contributed by atoms with E-state index in [0.29, 0.717) is 12.1 Å². The number of alkyl halides is 2. The number of carbonyl (C=O) groups is 1. The maximum absolute atomic E-state index is 12.2. The molecule has 2 rings (SSSR count). The quantitative estimate of drug-likeness (QED) is 0.720. The molecule has 8 heteroatoms. The van der Waals surface area contributed by atoms with Crippen molar-refractivity contribution in [2.24, 2.45) is 0 Å². The van der Waals surface area contributed by atoms with Crippen LogP contribution in [0.3, 0.4) is 0 Å². The Morgan fingerprint density at radius 1 is 1.30 bits per heavy atom. The highest BCUT2D eigenvalue weighted by Gasteiger charge is 2.15. The first-order chi connectivity index (χ1) is 11.1. The summed E-state index contributed by atoms with van der Waals surface area (Å²) in [5, 5.41) is 16.3. The number of nitrogens with one attached hydrogen (secondary N) is 2. The van der Waals surface area contributed by atoms with Gasteiger partial charge in [0.15, 0.2) is 0 Å². The second-order valence-corrected chi connectivity index (χ2v) is 5.56. The van der Waals surface area contributed by atoms with E-state index in [1.54, 1.807) is 6.07 Å². The van der Waals surface area contributed by atoms with Gasteiger partial charge in [0.05, 0.1) is 6.04 Å². The zero-order valence-corrected chi connectivity index (χ0v) is 12.9. The molecule has 2 aromatic rings. The van der Waals surface area contributed by atoms with Crippen molar-refractivity contribution in [3.05, 3.63) is 46.7 Å². The molecule has 1 aromatic heterocycles. The molecule has 124 valence electrons. The van der Waals surface area contributed by atoms with Gasteiger partial charge in [-0.05, 0) is 30.0 Å². The van der Waals surface area contributed by atoms with E-state index in [4.69, 9.17) is 5.11 Å². The lowest BCUT2D eigenvalue weighted by atomic mass is 10.2. The van der Waals surface area contributed by atoms with Crippen LogP contribution in [0.25, 0.3) is 0 Å². The molecule has 0 spiro atoms. The molecule has 0 unspecified atom stereocenters. The molecule has 0 radical (unpaired) electrons. The summed E-state index contributed by atoms with van der Waals surface area (Å²) in [6.45, 7) is -2.99. The number of aliphatic hydroxyl groups excluding tert-OH is 1. The van der Waals surface area contributed by atoms with E-state index in [2.05, 4.69) is 15.4 Å². The van der Waals surface area contributed by atoms with Crippen molar-refractivity contribution in [3.63, 3.8) is 0 Å². The van der Waals surface area contributed by atoms with Gasteiger partial charge >= 0.3 is 12.6 Å². The van der Waals surface area contributed by atoms with Gasteiger partial charge in [0.25, 0.3) is 0 Å². The number of amides is 2. The zero-order valence-electron chi connectivity index (χ0n) is 12.0. The number of anilines is 1. The van der Waals surface area contributed by atoms with Gasteiger partial charge in [0.2, 0.25) is 0 Å². The summed E-state index contributed by atoms with van der Waals surface area (Å²) in [5.74, 6) is -0.0389. The Balaban J connectivity index is 1.98. The van der Waals surface area contributed by atoms with Crippen LogP contribution in [0.4, 0.5) is 19.3 Å². The molecular weight excluding hydrogens is 326 g/mol. The van der Waals surface area contributed by atoms with Crippen LogP contribution in [-0.2, 0) is 0 Å². The molecular formula is C15H16F2N2O3S. The van der Waals surface area contributed by atoms with Gasteiger partial charge in [0, 0.05) is 23.2 Å². The van der Waals surface area contributed by atoms with E-state index >= 15 is 0 Å². The predicted molar refractivity (Wildman–Crippen MR) is 84.0 cm³/mol. The molecule has 1 atom stereocenters. The van der Waals surface area contributed by atoms with E-state index in [1.807, 2.05) is 17.5 Å². The van der Waals surface area contributed by atoms with Gasteiger partial charge in [-0.25, -0.2) is 4.79 Å². The second-order valence-electron chi connectivity index (χ2n) is 4.59. The highest BCUT2D eigenvalue weighted by Crippen LogP contribution is 2.23. The van der Waals surface area contributed by atoms with E-state index < -0.39 is 12.6 Å². The van der Waals surface area contributed by atoms with Crippen molar-refractivity contribution in [2.75, 3.05) is 11.9 Å². The monoisotopic (exact) mass is 342 g/mol. The number of hydrogen-bond donors (Lipinski definition) is 3. The Labute approximate surface area is 135 Å². The molecule has 23 heavy (non-hydrogen) atoms. The number of rotatable bonds is 7. The fourth-order valence-corrected chi connectivity index (χ4v) is 2.79. The van der Waals surface area contributed by atoms with Crippen LogP contribution in [0.5, 0.6) is 5.75 Å². The predicted octanol–water partition coefficient (Wildman–Crippen LogP) is 3.59. The lowest BCUT2D eigenvalue weighted by Crippen LogP contribution is -2.32. The summed E-state index contributed by atoms with van der Waals surface area (Å²) >= 11 is 1.47. The van der Waals surface area contributed by atoms with Gasteiger partial charge in [-0.2, -0.15) is 8.78 Å². The molecule has 0 aliphatic heterocycles. The van der Waals surface area contributed by atoms with E-state index in [9.17, 15) is 13.6 Å². The average Bonchev–Trinajstić information content (AvgIpc) is 3.00. The van der Waals surface area contributed by atoms with Crippen molar-refractivity contribution in [2.45, 2.75) is 19.1 Å². The largest absolute Gasteiger partial charge is 0.435 e. The van der Waals surface area contributed by atoms with Crippen LogP contribution in [0.2, 0.25) is 0 Å². The zero-order chi connectivity index (χ0) is 16.7. The number of benzene rings is 1. The summed E-state index contributed by atoms with van der Waals surface area (Å²) in [6, 6.07) is 8.64. The number of ether oxygens (including phenoxy) is 1. The fourth-order valence-electron chi connectivity index (χ4n) is 1.98. The minimum absolute atomic E-state index is 0.0389. The number of aliphatic hydroxyl groups is 1. The van der Waals surface area contributed by atoms with Crippen molar-refractivity contribution < 1.29 is 23.4 Å². The van der Waals surface area contributed by atoms with Crippen LogP contribution >= 0.6 is 11.3 Å². The Kier molecular flexibility index (Phi) is 6.30. The molecule has 5 nitrogen and oxygen atoms in total. The number of carbonyl (C=O) groups excluding carboxylic acids is 1. The van der Waals surface area contributed by atoms with E-state index in [-0.39, 0.29) is 18.4 Å². The number of thiophene rings is 1. The Hall–Kier alpha value is -2.19. The summed E-state index contributed by atoms with van der Waals surface area (Å²) in [4.78, 5) is 13.0. The number of hydrogen-bond acceptors (Lipinski definition) is 4. The third-order valence-electron chi connectivity index (χ3n) is 2.93. The molecule has 0 aliphatic carbocycles. The Morgan fingerprint density at radius 2 is 2.13 bits per heavy atom. The Morgan fingerprint density at radius 3 is 2.78 bits per heavy atom. The fraction of sp³-hybridized carbons (Fsp3) is 0.267. The van der Waals surface area contributed by atoms with Crippen LogP contribution in [-0.4, -0.2) is 24.4 Å². The van der Waals surface area contributed by atoms with Gasteiger partial charge in [-0.1, -0.05) is 12.1 Å². The molecule has 1 aromatic carbocycles. The first-order valence-electron chi connectivity index (χ1n) is 6.85. The van der Waals surface area contributed by atoms with Crippen molar-refractivity contribution in [1.82, 2.24) is 5.32 Å². The molecule has 0 bridgehead atoms. The standard InChI is InChI=1S/C15H16F2N2O3S/c16-14(17)22-11-4-1-3-10(9-11)18-15(21)19-12(6-7-20)13-5-2-8-23-13/h1-5,8-9,12,14,20H,6-7H2,(H2,18,19,21)/t12-/m0/s1. The first-order valence-corrected chi connectivity index (χ1v) is 7.73. The van der Waals surface area contributed by atoms with Gasteiger partial charge in [0.1, 0.15) is 5.75 Å². The molecule has 3 N–H and O–H groups in total. The number of halogens is 2. The van der Waals surface area contributed by atoms with Gasteiger partial charge in [-0.3, -0.25) is 0 Å². The minimum atomic E-state index is -2.92. The smallest absolute Gasteiger partial charge is 0.387 e. The normalized spacial score (nSPS) is 12.0. The summed E-state index contributed by atoms with van der Waals surface area (Å²) in [7, 11) is 0.